The fourth-order valence-electron chi connectivity index (χ4n) is 7.75. The Kier molecular flexibility index (Phi) is 5.06. The molecule has 9 aromatic rings. The molecular formula is C44H27N. The molecule has 1 heterocycles. The number of aromatic nitrogens is 1. The molecular weight excluding hydrogens is 542 g/mol. The van der Waals surface area contributed by atoms with Gasteiger partial charge in [-0.1, -0.05) is 133 Å². The van der Waals surface area contributed by atoms with Crippen molar-refractivity contribution in [1.29, 1.82) is 0 Å². The normalized spacial score (nSPS) is 12.0. The number of nitrogens with zero attached hydrogens (tertiary/aromatic N) is 1. The lowest BCUT2D eigenvalue weighted by Gasteiger charge is -2.12. The molecule has 0 saturated heterocycles. The number of hydrogen-bond donors (Lipinski definition) is 0. The first-order chi connectivity index (χ1) is 22.3. The predicted octanol–water partition coefficient (Wildman–Crippen LogP) is 12.1. The van der Waals surface area contributed by atoms with Crippen molar-refractivity contribution in [2.45, 2.75) is 0 Å². The molecule has 0 unspecified atom stereocenters. The Bertz CT molecular complexity index is 2640. The van der Waals surface area contributed by atoms with Gasteiger partial charge < -0.3 is 4.57 Å². The molecule has 0 N–H and O–H groups in total. The van der Waals surface area contributed by atoms with Crippen LogP contribution >= 0.6 is 0 Å². The van der Waals surface area contributed by atoms with Crippen molar-refractivity contribution in [3.05, 3.63) is 164 Å². The van der Waals surface area contributed by atoms with Crippen molar-refractivity contribution in [3.63, 3.8) is 0 Å². The second-order valence-corrected chi connectivity index (χ2v) is 12.1. The number of fused-ring (bicyclic) bond motifs is 9. The topological polar surface area (TPSA) is 4.93 Å². The zero-order valence-corrected chi connectivity index (χ0v) is 24.5. The van der Waals surface area contributed by atoms with E-state index in [1.54, 1.807) is 0 Å². The molecule has 45 heavy (non-hydrogen) atoms. The van der Waals surface area contributed by atoms with Crippen LogP contribution in [0.5, 0.6) is 0 Å². The Morgan fingerprint density at radius 2 is 0.911 bits per heavy atom. The summed E-state index contributed by atoms with van der Waals surface area (Å²) in [6.45, 7) is 0. The van der Waals surface area contributed by atoms with E-state index in [0.717, 1.165) is 0 Å². The lowest BCUT2D eigenvalue weighted by Crippen LogP contribution is -1.95. The monoisotopic (exact) mass is 569 g/mol. The fraction of sp³-hybridized carbons (Fsp3) is 0. The molecule has 0 bridgehead atoms. The summed E-state index contributed by atoms with van der Waals surface area (Å²) in [5.41, 5.74) is 13.8. The van der Waals surface area contributed by atoms with Crippen LogP contribution in [0.2, 0.25) is 0 Å². The van der Waals surface area contributed by atoms with E-state index < -0.39 is 0 Å². The molecule has 0 spiro atoms. The van der Waals surface area contributed by atoms with Crippen LogP contribution < -0.4 is 0 Å². The lowest BCUT2D eigenvalue weighted by atomic mass is 9.96. The van der Waals surface area contributed by atoms with E-state index in [1.807, 2.05) is 0 Å². The maximum Gasteiger partial charge on any atom is 0.0553 e. The lowest BCUT2D eigenvalue weighted by molar-refractivity contribution is 1.18. The van der Waals surface area contributed by atoms with Crippen molar-refractivity contribution in [2.75, 3.05) is 0 Å². The summed E-state index contributed by atoms with van der Waals surface area (Å²) in [6, 6.07) is 60.1. The van der Waals surface area contributed by atoms with Crippen LogP contribution in [0.3, 0.4) is 0 Å². The Hall–Kier alpha value is -5.92. The SMILES string of the molecule is c1ccc(-c2cccc(-c3cccc(-n4c5ccc6ccccc6c5c5c6cccc7c6c(cc54)-c4ccccc4-7)c3)c2)cc1. The quantitative estimate of drug-likeness (QED) is 0.199. The minimum atomic E-state index is 1.17. The van der Waals surface area contributed by atoms with Crippen LogP contribution in [-0.2, 0) is 0 Å². The Balaban J connectivity index is 1.29. The molecule has 1 aliphatic rings. The Morgan fingerprint density at radius 1 is 0.311 bits per heavy atom. The summed E-state index contributed by atoms with van der Waals surface area (Å²) < 4.78 is 2.49. The predicted molar refractivity (Wildman–Crippen MR) is 191 cm³/mol. The molecule has 0 amide bonds. The van der Waals surface area contributed by atoms with Crippen molar-refractivity contribution in [3.8, 4) is 50.2 Å². The second-order valence-electron chi connectivity index (χ2n) is 12.1. The van der Waals surface area contributed by atoms with Gasteiger partial charge >= 0.3 is 0 Å². The molecule has 0 atom stereocenters. The summed E-state index contributed by atoms with van der Waals surface area (Å²) in [5, 5.41) is 7.89. The third-order valence-electron chi connectivity index (χ3n) is 9.69. The van der Waals surface area contributed by atoms with Gasteiger partial charge in [0, 0.05) is 16.5 Å². The fourth-order valence-corrected chi connectivity index (χ4v) is 7.75. The third-order valence-corrected chi connectivity index (χ3v) is 9.69. The zero-order chi connectivity index (χ0) is 29.5. The standard InChI is InChI=1S/C44H27N/c1-2-11-28(12-3-1)30-14-8-15-31(25-30)32-16-9-17-33(26-32)45-40-24-23-29-13-4-5-18-34(29)43(40)44-38-22-10-21-37-35-19-6-7-20-36(35)39(42(37)38)27-41(44)45/h1-27H. The number of rotatable bonds is 3. The summed E-state index contributed by atoms with van der Waals surface area (Å²) in [6.07, 6.45) is 0. The zero-order valence-electron chi connectivity index (χ0n) is 24.5. The van der Waals surface area contributed by atoms with E-state index in [2.05, 4.69) is 168 Å². The summed E-state index contributed by atoms with van der Waals surface area (Å²) >= 11 is 0. The largest absolute Gasteiger partial charge is 0.309 e. The molecule has 0 aliphatic heterocycles. The maximum absolute atomic E-state index is 2.49. The van der Waals surface area contributed by atoms with Crippen LogP contribution in [0.4, 0.5) is 0 Å². The van der Waals surface area contributed by atoms with Gasteiger partial charge in [-0.3, -0.25) is 0 Å². The van der Waals surface area contributed by atoms with Crippen molar-refractivity contribution in [1.82, 2.24) is 4.57 Å². The maximum atomic E-state index is 2.49. The van der Waals surface area contributed by atoms with Crippen molar-refractivity contribution in [2.24, 2.45) is 0 Å². The van der Waals surface area contributed by atoms with Gasteiger partial charge in [0.25, 0.3) is 0 Å². The first kappa shape index (κ1) is 24.5. The second kappa shape index (κ2) is 9.29. The first-order valence-corrected chi connectivity index (χ1v) is 15.6. The van der Waals surface area contributed by atoms with Gasteiger partial charge in [0.1, 0.15) is 0 Å². The molecule has 1 aromatic heterocycles. The highest BCUT2D eigenvalue weighted by molar-refractivity contribution is 6.33. The average molecular weight is 570 g/mol. The van der Waals surface area contributed by atoms with Gasteiger partial charge in [0.05, 0.1) is 11.0 Å². The molecule has 208 valence electrons. The molecule has 0 fully saturated rings. The van der Waals surface area contributed by atoms with Crippen molar-refractivity contribution >= 4 is 43.4 Å². The molecule has 0 saturated carbocycles. The minimum Gasteiger partial charge on any atom is -0.309 e. The van der Waals surface area contributed by atoms with E-state index in [9.17, 15) is 0 Å². The smallest absolute Gasteiger partial charge is 0.0553 e. The van der Waals surface area contributed by atoms with Crippen LogP contribution in [-0.4, -0.2) is 4.57 Å². The Morgan fingerprint density at radius 3 is 1.78 bits per heavy atom. The van der Waals surface area contributed by atoms with Crippen LogP contribution in [0.25, 0.3) is 93.5 Å². The van der Waals surface area contributed by atoms with Gasteiger partial charge in [-0.25, -0.2) is 0 Å². The number of hydrogen-bond acceptors (Lipinski definition) is 0. The summed E-state index contributed by atoms with van der Waals surface area (Å²) in [5.74, 6) is 0. The molecule has 1 nitrogen and oxygen atoms in total. The number of benzene rings is 8. The molecule has 0 radical (unpaired) electrons. The molecule has 1 heteroatoms. The molecule has 10 rings (SSSR count). The summed E-state index contributed by atoms with van der Waals surface area (Å²) in [4.78, 5) is 0. The van der Waals surface area contributed by atoms with E-state index in [1.165, 1.54) is 93.5 Å². The first-order valence-electron chi connectivity index (χ1n) is 15.6. The summed E-state index contributed by atoms with van der Waals surface area (Å²) in [7, 11) is 0. The third kappa shape index (κ3) is 3.50. The van der Waals surface area contributed by atoms with Crippen molar-refractivity contribution < 1.29 is 0 Å². The molecule has 8 aromatic carbocycles. The average Bonchev–Trinajstić information content (AvgIpc) is 3.63. The van der Waals surface area contributed by atoms with Crippen LogP contribution in [0, 0.1) is 0 Å². The highest BCUT2D eigenvalue weighted by Gasteiger charge is 2.26. The van der Waals surface area contributed by atoms with E-state index in [4.69, 9.17) is 0 Å². The van der Waals surface area contributed by atoms with Gasteiger partial charge in [-0.15, -0.1) is 0 Å². The highest BCUT2D eigenvalue weighted by atomic mass is 15.0. The van der Waals surface area contributed by atoms with Crippen LogP contribution in [0.1, 0.15) is 0 Å². The minimum absolute atomic E-state index is 1.17. The van der Waals surface area contributed by atoms with E-state index in [0.29, 0.717) is 0 Å². The Labute approximate surface area is 261 Å². The van der Waals surface area contributed by atoms with Gasteiger partial charge in [-0.2, -0.15) is 0 Å². The highest BCUT2D eigenvalue weighted by Crippen LogP contribution is 2.51. The van der Waals surface area contributed by atoms with E-state index in [-0.39, 0.29) is 0 Å². The van der Waals surface area contributed by atoms with E-state index >= 15 is 0 Å². The van der Waals surface area contributed by atoms with Crippen LogP contribution in [0.15, 0.2) is 164 Å². The molecule has 1 aliphatic carbocycles. The van der Waals surface area contributed by atoms with Gasteiger partial charge in [0.15, 0.2) is 0 Å². The van der Waals surface area contributed by atoms with Gasteiger partial charge in [0.2, 0.25) is 0 Å². The van der Waals surface area contributed by atoms with Gasteiger partial charge in [-0.05, 0) is 96.4 Å².